The monoisotopic (exact) mass is 987 g/mol. The zero-order valence-electron chi connectivity index (χ0n) is 44.5. The van der Waals surface area contributed by atoms with Crippen molar-refractivity contribution in [3.05, 3.63) is 59.7 Å². The standard InChI is InChI=1S/C53H74N6O12/c1-33(60)58-45(66)56(43(64)52(58)29-47(5,6)54(15)48(7,8)30-52)25-41(70-35(3)62)27-68-39-21-17-37(18-22-39)51(13,14)38-19-23-40(24-20-38)69-28-42(71-36(4)63)26-57-44(65)53(59(34(2)61)46(57)67)31-49(9,10)55(16)50(11,12)32-53/h17-24,41-42H,25-32H2,1-16H3. The fourth-order valence-electron chi connectivity index (χ4n) is 12.0. The van der Waals surface area contributed by atoms with Gasteiger partial charge in [-0.25, -0.2) is 19.4 Å². The number of rotatable bonds is 14. The van der Waals surface area contributed by atoms with Crippen LogP contribution < -0.4 is 9.47 Å². The van der Waals surface area contributed by atoms with E-state index in [0.29, 0.717) is 11.5 Å². The van der Waals surface area contributed by atoms with Crippen LogP contribution in [0, 0.1) is 0 Å². The summed E-state index contributed by atoms with van der Waals surface area (Å²) in [5.74, 6) is -2.43. The number of benzene rings is 2. The van der Waals surface area contributed by atoms with E-state index in [1.165, 1.54) is 27.7 Å². The minimum absolute atomic E-state index is 0.178. The highest BCUT2D eigenvalue weighted by Crippen LogP contribution is 2.51. The molecule has 2 spiro atoms. The first kappa shape index (κ1) is 54.5. The summed E-state index contributed by atoms with van der Waals surface area (Å²) < 4.78 is 23.4. The van der Waals surface area contributed by atoms with Crippen molar-refractivity contribution >= 4 is 47.6 Å². The molecule has 2 unspecified atom stereocenters. The number of amides is 8. The van der Waals surface area contributed by atoms with Gasteiger partial charge in [0, 0.05) is 55.3 Å². The zero-order chi connectivity index (χ0) is 53.2. The number of piperidine rings is 2. The van der Waals surface area contributed by atoms with E-state index in [0.717, 1.165) is 30.7 Å². The minimum Gasteiger partial charge on any atom is -0.490 e. The summed E-state index contributed by atoms with van der Waals surface area (Å²) in [5.41, 5.74) is -3.58. The van der Waals surface area contributed by atoms with Crippen molar-refractivity contribution in [2.45, 2.75) is 173 Å². The van der Waals surface area contributed by atoms with E-state index < -0.39 is 98.5 Å². The van der Waals surface area contributed by atoms with E-state index in [2.05, 4.69) is 9.80 Å². The molecular formula is C53H74N6O12. The second-order valence-electron chi connectivity index (χ2n) is 23.0. The lowest BCUT2D eigenvalue weighted by molar-refractivity contribution is -0.154. The number of imide groups is 4. The molecule has 18 heteroatoms. The molecule has 2 aromatic carbocycles. The Kier molecular flexibility index (Phi) is 14.5. The van der Waals surface area contributed by atoms with Crippen molar-refractivity contribution in [2.75, 3.05) is 40.4 Å². The molecule has 0 N–H and O–H groups in total. The second-order valence-corrected chi connectivity index (χ2v) is 23.0. The van der Waals surface area contributed by atoms with Crippen molar-refractivity contribution < 1.29 is 57.3 Å². The van der Waals surface area contributed by atoms with Crippen molar-refractivity contribution in [1.29, 1.82) is 0 Å². The van der Waals surface area contributed by atoms with Gasteiger partial charge < -0.3 is 18.9 Å². The maximum atomic E-state index is 14.4. The van der Waals surface area contributed by atoms with Gasteiger partial charge in [0.05, 0.1) is 13.1 Å². The summed E-state index contributed by atoms with van der Waals surface area (Å²) in [6.07, 6.45) is -1.11. The van der Waals surface area contributed by atoms with Crippen molar-refractivity contribution in [3.8, 4) is 11.5 Å². The number of hydrogen-bond donors (Lipinski definition) is 0. The Labute approximate surface area is 418 Å². The number of esters is 2. The molecule has 4 fully saturated rings. The van der Waals surface area contributed by atoms with Crippen LogP contribution in [0.5, 0.6) is 11.5 Å². The Morgan fingerprint density at radius 3 is 1.06 bits per heavy atom. The fraction of sp³-hybridized carbons (Fsp3) is 0.623. The molecule has 388 valence electrons. The lowest BCUT2D eigenvalue weighted by atomic mass is 9.68. The fourth-order valence-corrected chi connectivity index (χ4v) is 12.0. The number of nitrogens with zero attached hydrogens (tertiary/aromatic N) is 6. The molecule has 0 aromatic heterocycles. The van der Waals surface area contributed by atoms with E-state index >= 15 is 0 Å². The molecule has 2 aromatic rings. The molecule has 0 aliphatic carbocycles. The molecule has 18 nitrogen and oxygen atoms in total. The predicted molar refractivity (Wildman–Crippen MR) is 262 cm³/mol. The van der Waals surface area contributed by atoms with E-state index in [9.17, 15) is 38.4 Å². The summed E-state index contributed by atoms with van der Waals surface area (Å²) in [7, 11) is 3.94. The number of carbonyl (C=O) groups is 8. The van der Waals surface area contributed by atoms with Crippen LogP contribution in [-0.4, -0.2) is 163 Å². The number of likely N-dealkylation sites (tertiary alicyclic amines) is 2. The zero-order valence-corrected chi connectivity index (χ0v) is 44.5. The third-order valence-corrected chi connectivity index (χ3v) is 15.6. The normalized spacial score (nSPS) is 22.2. The molecule has 8 amide bonds. The minimum atomic E-state index is -1.40. The summed E-state index contributed by atoms with van der Waals surface area (Å²) >= 11 is 0. The van der Waals surface area contributed by atoms with Gasteiger partial charge in [-0.05, 0) is 131 Å². The van der Waals surface area contributed by atoms with Gasteiger partial charge >= 0.3 is 24.0 Å². The van der Waals surface area contributed by atoms with Crippen molar-refractivity contribution in [3.63, 3.8) is 0 Å². The summed E-state index contributed by atoms with van der Waals surface area (Å²) in [6.45, 7) is 24.1. The van der Waals surface area contributed by atoms with Crippen LogP contribution in [0.15, 0.2) is 48.5 Å². The Morgan fingerprint density at radius 2 is 0.803 bits per heavy atom. The molecule has 71 heavy (non-hydrogen) atoms. The Morgan fingerprint density at radius 1 is 0.521 bits per heavy atom. The number of carbonyl (C=O) groups excluding carboxylic acids is 8. The largest absolute Gasteiger partial charge is 0.490 e. The Hall–Kier alpha value is -5.88. The SMILES string of the molecule is CC(=O)OC(COc1ccc(C(C)(C)c2ccc(OCC(CN3C(=O)N(C(C)=O)C4(CC(C)(C)N(C)C(C)(C)C4)C3=O)OC(C)=O)cc2)cc1)CN1C(=O)N(C(C)=O)C2(CC(C)(C)N(C)C(C)(C)C2)C1=O. The van der Waals surface area contributed by atoms with Gasteiger partial charge in [0.1, 0.15) is 35.8 Å². The summed E-state index contributed by atoms with van der Waals surface area (Å²) in [6, 6.07) is 13.2. The molecule has 2 atom stereocenters. The van der Waals surface area contributed by atoms with Crippen LogP contribution in [0.4, 0.5) is 9.59 Å². The molecule has 0 bridgehead atoms. The van der Waals surface area contributed by atoms with Gasteiger partial charge in [0.25, 0.3) is 11.8 Å². The van der Waals surface area contributed by atoms with Gasteiger partial charge in [-0.1, -0.05) is 38.1 Å². The summed E-state index contributed by atoms with van der Waals surface area (Å²) in [4.78, 5) is 116. The lowest BCUT2D eigenvalue weighted by Gasteiger charge is -2.57. The maximum Gasteiger partial charge on any atom is 0.334 e. The third kappa shape index (κ3) is 10.2. The smallest absolute Gasteiger partial charge is 0.334 e. The number of ether oxygens (including phenoxy) is 4. The van der Waals surface area contributed by atoms with Crippen molar-refractivity contribution in [1.82, 2.24) is 29.4 Å². The predicted octanol–water partition coefficient (Wildman–Crippen LogP) is 6.30. The Balaban J connectivity index is 1.11. The van der Waals surface area contributed by atoms with E-state index in [1.54, 1.807) is 24.3 Å². The van der Waals surface area contributed by atoms with Gasteiger partial charge in [0.15, 0.2) is 12.2 Å². The van der Waals surface area contributed by atoms with Crippen LogP contribution in [0.1, 0.15) is 134 Å². The van der Waals surface area contributed by atoms with Crippen molar-refractivity contribution in [2.24, 2.45) is 0 Å². The number of hydrogen-bond acceptors (Lipinski definition) is 14. The molecule has 0 radical (unpaired) electrons. The molecule has 0 saturated carbocycles. The highest BCUT2D eigenvalue weighted by molar-refractivity contribution is 6.15. The molecular weight excluding hydrogens is 913 g/mol. The molecule has 4 aliphatic heterocycles. The molecule has 4 saturated heterocycles. The maximum absolute atomic E-state index is 14.4. The van der Waals surface area contributed by atoms with Crippen LogP contribution in [0.3, 0.4) is 0 Å². The first-order valence-electron chi connectivity index (χ1n) is 24.3. The lowest BCUT2D eigenvalue weighted by Crippen LogP contribution is -2.69. The van der Waals surface area contributed by atoms with Gasteiger partial charge in [-0.3, -0.25) is 48.4 Å². The molecule has 6 rings (SSSR count). The van der Waals surface area contributed by atoms with Gasteiger partial charge in [0.2, 0.25) is 11.8 Å². The first-order chi connectivity index (χ1) is 32.6. The van der Waals surface area contributed by atoms with Crippen LogP contribution >= 0.6 is 0 Å². The average molecular weight is 987 g/mol. The average Bonchev–Trinajstić information content (AvgIpc) is 3.55. The molecule has 4 heterocycles. The van der Waals surface area contributed by atoms with E-state index in [-0.39, 0.29) is 52.0 Å². The van der Waals surface area contributed by atoms with Crippen LogP contribution in [0.25, 0.3) is 0 Å². The highest BCUT2D eigenvalue weighted by Gasteiger charge is 2.67. The van der Waals surface area contributed by atoms with Gasteiger partial charge in [-0.15, -0.1) is 0 Å². The first-order valence-corrected chi connectivity index (χ1v) is 24.3. The quantitative estimate of drug-likeness (QED) is 0.151. The van der Waals surface area contributed by atoms with E-state index in [1.807, 2.05) is 108 Å². The topological polar surface area (TPSA) is 193 Å². The Bertz CT molecular complexity index is 2260. The second kappa shape index (κ2) is 18.9. The summed E-state index contributed by atoms with van der Waals surface area (Å²) in [5, 5.41) is 0. The third-order valence-electron chi connectivity index (χ3n) is 15.6. The van der Waals surface area contributed by atoms with Crippen LogP contribution in [0.2, 0.25) is 0 Å². The van der Waals surface area contributed by atoms with Gasteiger partial charge in [-0.2, -0.15) is 0 Å². The number of urea groups is 2. The van der Waals surface area contributed by atoms with Crippen LogP contribution in [-0.2, 0) is 43.7 Å². The highest BCUT2D eigenvalue weighted by atomic mass is 16.6. The van der Waals surface area contributed by atoms with E-state index in [4.69, 9.17) is 18.9 Å². The molecule has 4 aliphatic rings.